The highest BCUT2D eigenvalue weighted by Crippen LogP contribution is 2.24. The molecule has 0 unspecified atom stereocenters. The maximum absolute atomic E-state index is 13.1. The molecule has 96 valence electrons. The van der Waals surface area contributed by atoms with Crippen molar-refractivity contribution in [1.82, 2.24) is 9.78 Å². The molecule has 4 heteroatoms. The molecule has 0 atom stereocenters. The first-order valence-corrected chi connectivity index (χ1v) is 6.22. The van der Waals surface area contributed by atoms with Crippen molar-refractivity contribution in [2.45, 2.75) is 32.7 Å². The lowest BCUT2D eigenvalue weighted by Crippen LogP contribution is -2.13. The lowest BCUT2D eigenvalue weighted by molar-refractivity contribution is 0.544. The van der Waals surface area contributed by atoms with Gasteiger partial charge in [-0.3, -0.25) is 0 Å². The van der Waals surface area contributed by atoms with Crippen molar-refractivity contribution in [3.63, 3.8) is 0 Å². The van der Waals surface area contributed by atoms with Crippen molar-refractivity contribution in [3.8, 4) is 0 Å². The molecule has 0 amide bonds. The third-order valence-electron chi connectivity index (χ3n) is 2.72. The van der Waals surface area contributed by atoms with E-state index in [2.05, 4.69) is 25.9 Å². The van der Waals surface area contributed by atoms with E-state index >= 15 is 0 Å². The van der Waals surface area contributed by atoms with Gasteiger partial charge < -0.3 is 0 Å². The maximum Gasteiger partial charge on any atom is 0.127 e. The van der Waals surface area contributed by atoms with Crippen LogP contribution in [0.1, 0.15) is 32.0 Å². The first kappa shape index (κ1) is 13.1. The Morgan fingerprint density at radius 3 is 2.56 bits per heavy atom. The largest absolute Gasteiger partial charge is 0.249 e. The van der Waals surface area contributed by atoms with Crippen LogP contribution in [-0.4, -0.2) is 9.78 Å². The summed E-state index contributed by atoms with van der Waals surface area (Å²) in [6.07, 6.45) is 0. The minimum atomic E-state index is -0.244. The van der Waals surface area contributed by atoms with Crippen molar-refractivity contribution in [3.05, 3.63) is 52.6 Å². The predicted octanol–water partition coefficient (Wildman–Crippen LogP) is 4.02. The quantitative estimate of drug-likeness (QED) is 0.803. The predicted molar refractivity (Wildman–Crippen MR) is 71.4 cm³/mol. The summed E-state index contributed by atoms with van der Waals surface area (Å²) in [7, 11) is 0. The van der Waals surface area contributed by atoms with Gasteiger partial charge in [0, 0.05) is 5.41 Å². The van der Waals surface area contributed by atoms with Gasteiger partial charge in [0.25, 0.3) is 0 Å². The molecule has 0 N–H and O–H groups in total. The Kier molecular flexibility index (Phi) is 3.44. The summed E-state index contributed by atoms with van der Waals surface area (Å²) in [6, 6.07) is 8.33. The van der Waals surface area contributed by atoms with E-state index in [0.717, 1.165) is 11.3 Å². The van der Waals surface area contributed by atoms with Gasteiger partial charge in [0.2, 0.25) is 0 Å². The van der Waals surface area contributed by atoms with Crippen LogP contribution >= 0.6 is 11.6 Å². The minimum absolute atomic E-state index is 0.0448. The van der Waals surface area contributed by atoms with E-state index in [1.807, 2.05) is 12.1 Å². The molecule has 0 fully saturated rings. The standard InChI is InChI=1S/C14H16ClFN2/c1-14(2,3)12-8-13(15)18(17-12)9-10-5-4-6-11(16)7-10/h4-8H,9H2,1-3H3. The zero-order valence-electron chi connectivity index (χ0n) is 10.7. The maximum atomic E-state index is 13.1. The average molecular weight is 267 g/mol. The Morgan fingerprint density at radius 1 is 1.28 bits per heavy atom. The van der Waals surface area contributed by atoms with Gasteiger partial charge in [0.15, 0.2) is 0 Å². The molecule has 2 nitrogen and oxygen atoms in total. The van der Waals surface area contributed by atoms with Crippen LogP contribution in [0, 0.1) is 5.82 Å². The van der Waals surface area contributed by atoms with Crippen LogP contribution in [0.25, 0.3) is 0 Å². The first-order chi connectivity index (χ1) is 8.36. The number of halogens is 2. The molecule has 0 saturated carbocycles. The lowest BCUT2D eigenvalue weighted by atomic mass is 9.93. The zero-order chi connectivity index (χ0) is 13.3. The number of hydrogen-bond acceptors (Lipinski definition) is 1. The van der Waals surface area contributed by atoms with Gasteiger partial charge in [-0.25, -0.2) is 9.07 Å². The summed E-state index contributed by atoms with van der Waals surface area (Å²) in [6.45, 7) is 6.72. The highest BCUT2D eigenvalue weighted by Gasteiger charge is 2.19. The van der Waals surface area contributed by atoms with E-state index in [1.165, 1.54) is 12.1 Å². The number of rotatable bonds is 2. The highest BCUT2D eigenvalue weighted by molar-refractivity contribution is 6.29. The van der Waals surface area contributed by atoms with Gasteiger partial charge in [-0.05, 0) is 23.8 Å². The van der Waals surface area contributed by atoms with Crippen molar-refractivity contribution in [1.29, 1.82) is 0 Å². The number of nitrogens with zero attached hydrogens (tertiary/aromatic N) is 2. The molecule has 0 saturated heterocycles. The summed E-state index contributed by atoms with van der Waals surface area (Å²) in [5.74, 6) is -0.244. The molecule has 0 aliphatic carbocycles. The molecule has 0 spiro atoms. The summed E-state index contributed by atoms with van der Waals surface area (Å²) in [5.41, 5.74) is 1.74. The minimum Gasteiger partial charge on any atom is -0.249 e. The second-order valence-corrected chi connectivity index (χ2v) is 5.78. The van der Waals surface area contributed by atoms with Crippen LogP contribution in [0.4, 0.5) is 4.39 Å². The van der Waals surface area contributed by atoms with Crippen molar-refractivity contribution in [2.24, 2.45) is 0 Å². The summed E-state index contributed by atoms with van der Waals surface area (Å²) >= 11 is 6.15. The topological polar surface area (TPSA) is 17.8 Å². The van der Waals surface area contributed by atoms with Crippen LogP contribution < -0.4 is 0 Å². The lowest BCUT2D eigenvalue weighted by Gasteiger charge is -2.14. The fourth-order valence-corrected chi connectivity index (χ4v) is 1.88. The van der Waals surface area contributed by atoms with Crippen LogP contribution in [0.3, 0.4) is 0 Å². The molecule has 0 aliphatic heterocycles. The molecule has 1 heterocycles. The fourth-order valence-electron chi connectivity index (χ4n) is 1.68. The Bertz CT molecular complexity index is 555. The van der Waals surface area contributed by atoms with Crippen molar-refractivity contribution < 1.29 is 4.39 Å². The Labute approximate surface area is 111 Å². The number of hydrogen-bond donors (Lipinski definition) is 0. The third-order valence-corrected chi connectivity index (χ3v) is 3.02. The molecule has 0 bridgehead atoms. The number of benzene rings is 1. The molecule has 2 rings (SSSR count). The summed E-state index contributed by atoms with van der Waals surface area (Å²) < 4.78 is 14.8. The van der Waals surface area contributed by atoms with Crippen molar-refractivity contribution >= 4 is 11.6 Å². The van der Waals surface area contributed by atoms with E-state index in [4.69, 9.17) is 11.6 Å². The number of aromatic nitrogens is 2. The van der Waals surface area contributed by atoms with Crippen LogP contribution in [0.2, 0.25) is 5.15 Å². The van der Waals surface area contributed by atoms with E-state index in [0.29, 0.717) is 11.7 Å². The molecule has 1 aromatic carbocycles. The molecule has 1 aromatic heterocycles. The van der Waals surface area contributed by atoms with Crippen LogP contribution in [0.5, 0.6) is 0 Å². The van der Waals surface area contributed by atoms with Gasteiger partial charge in [-0.2, -0.15) is 5.10 Å². The monoisotopic (exact) mass is 266 g/mol. The van der Waals surface area contributed by atoms with E-state index < -0.39 is 0 Å². The normalized spacial score (nSPS) is 11.8. The zero-order valence-corrected chi connectivity index (χ0v) is 11.5. The molecular weight excluding hydrogens is 251 g/mol. The van der Waals surface area contributed by atoms with Gasteiger partial charge in [0.05, 0.1) is 12.2 Å². The van der Waals surface area contributed by atoms with Gasteiger partial charge in [-0.15, -0.1) is 0 Å². The van der Waals surface area contributed by atoms with Gasteiger partial charge >= 0.3 is 0 Å². The second-order valence-electron chi connectivity index (χ2n) is 5.39. The van der Waals surface area contributed by atoms with E-state index in [9.17, 15) is 4.39 Å². The van der Waals surface area contributed by atoms with Crippen LogP contribution in [0.15, 0.2) is 30.3 Å². The average Bonchev–Trinajstić information content (AvgIpc) is 2.60. The molecule has 18 heavy (non-hydrogen) atoms. The Balaban J connectivity index is 2.27. The van der Waals surface area contributed by atoms with Gasteiger partial charge in [-0.1, -0.05) is 44.5 Å². The first-order valence-electron chi connectivity index (χ1n) is 5.84. The Morgan fingerprint density at radius 2 is 2.00 bits per heavy atom. The Hall–Kier alpha value is -1.35. The smallest absolute Gasteiger partial charge is 0.127 e. The van der Waals surface area contributed by atoms with Crippen LogP contribution in [-0.2, 0) is 12.0 Å². The van der Waals surface area contributed by atoms with Crippen molar-refractivity contribution in [2.75, 3.05) is 0 Å². The van der Waals surface area contributed by atoms with E-state index in [-0.39, 0.29) is 11.2 Å². The second kappa shape index (κ2) is 4.73. The molecule has 2 aromatic rings. The SMILES string of the molecule is CC(C)(C)c1cc(Cl)n(Cc2cccc(F)c2)n1. The molecule has 0 aliphatic rings. The molecule has 0 radical (unpaired) electrons. The fraction of sp³-hybridized carbons (Fsp3) is 0.357. The summed E-state index contributed by atoms with van der Waals surface area (Å²) in [5, 5.41) is 5.04. The third kappa shape index (κ3) is 2.91. The van der Waals surface area contributed by atoms with E-state index in [1.54, 1.807) is 10.7 Å². The summed E-state index contributed by atoms with van der Waals surface area (Å²) in [4.78, 5) is 0. The molecular formula is C14H16ClFN2. The highest BCUT2D eigenvalue weighted by atomic mass is 35.5. The van der Waals surface area contributed by atoms with Gasteiger partial charge in [0.1, 0.15) is 11.0 Å².